The minimum atomic E-state index is -0.111. The third-order valence-electron chi connectivity index (χ3n) is 3.37. The second-order valence-electron chi connectivity index (χ2n) is 4.70. The fraction of sp³-hybridized carbons (Fsp3) is 0.167. The standard InChI is InChI=1S/C18H18O3/c1-12-10-16(20-3)17(21-4)11-15(12)18(19)13(2)14-8-6-5-7-9-14/h5-11H,2H2,1,3-4H3. The first kappa shape index (κ1) is 14.9. The van der Waals surface area contributed by atoms with Crippen molar-refractivity contribution in [1.82, 2.24) is 0 Å². The lowest BCUT2D eigenvalue weighted by molar-refractivity contribution is 0.105. The molecule has 2 aromatic rings. The number of ether oxygens (including phenoxy) is 2. The van der Waals surface area contributed by atoms with Gasteiger partial charge in [0.1, 0.15) is 0 Å². The SMILES string of the molecule is C=C(C(=O)c1cc(OC)c(OC)cc1C)c1ccccc1. The summed E-state index contributed by atoms with van der Waals surface area (Å²) in [6, 6.07) is 12.9. The lowest BCUT2D eigenvalue weighted by atomic mass is 9.95. The first-order chi connectivity index (χ1) is 10.1. The maximum Gasteiger partial charge on any atom is 0.193 e. The molecule has 0 amide bonds. The summed E-state index contributed by atoms with van der Waals surface area (Å²) in [5, 5.41) is 0. The zero-order chi connectivity index (χ0) is 15.4. The summed E-state index contributed by atoms with van der Waals surface area (Å²) < 4.78 is 10.5. The summed E-state index contributed by atoms with van der Waals surface area (Å²) in [5.74, 6) is 1.03. The van der Waals surface area contributed by atoms with Crippen molar-refractivity contribution < 1.29 is 14.3 Å². The van der Waals surface area contributed by atoms with E-state index in [4.69, 9.17) is 9.47 Å². The fourth-order valence-electron chi connectivity index (χ4n) is 2.16. The van der Waals surface area contributed by atoms with Crippen molar-refractivity contribution in [2.45, 2.75) is 6.92 Å². The van der Waals surface area contributed by atoms with Gasteiger partial charge in [-0.1, -0.05) is 36.9 Å². The summed E-state index contributed by atoms with van der Waals surface area (Å²) in [5.41, 5.74) is 2.68. The molecule has 0 aliphatic rings. The Morgan fingerprint density at radius 2 is 1.57 bits per heavy atom. The van der Waals surface area contributed by atoms with Crippen LogP contribution >= 0.6 is 0 Å². The third-order valence-corrected chi connectivity index (χ3v) is 3.37. The first-order valence-electron chi connectivity index (χ1n) is 6.60. The molecule has 0 atom stereocenters. The van der Waals surface area contributed by atoms with E-state index in [-0.39, 0.29) is 5.78 Å². The van der Waals surface area contributed by atoms with Gasteiger partial charge in [-0.15, -0.1) is 0 Å². The molecule has 0 unspecified atom stereocenters. The molecular formula is C18H18O3. The normalized spacial score (nSPS) is 10.0. The van der Waals surface area contributed by atoms with Gasteiger partial charge in [0.15, 0.2) is 17.3 Å². The van der Waals surface area contributed by atoms with Gasteiger partial charge >= 0.3 is 0 Å². The van der Waals surface area contributed by atoms with Crippen LogP contribution in [0.1, 0.15) is 21.5 Å². The number of hydrogen-bond acceptors (Lipinski definition) is 3. The van der Waals surface area contributed by atoms with Crippen LogP contribution in [0, 0.1) is 6.92 Å². The van der Waals surface area contributed by atoms with Gasteiger partial charge in [0.25, 0.3) is 0 Å². The smallest absolute Gasteiger partial charge is 0.193 e. The summed E-state index contributed by atoms with van der Waals surface area (Å²) in [6.07, 6.45) is 0. The van der Waals surface area contributed by atoms with Crippen LogP contribution in [-0.4, -0.2) is 20.0 Å². The molecule has 3 nitrogen and oxygen atoms in total. The molecule has 0 aliphatic carbocycles. The maximum absolute atomic E-state index is 12.6. The van der Waals surface area contributed by atoms with Crippen LogP contribution in [0.2, 0.25) is 0 Å². The van der Waals surface area contributed by atoms with Gasteiger partial charge < -0.3 is 9.47 Å². The van der Waals surface area contributed by atoms with Gasteiger partial charge in [-0.25, -0.2) is 0 Å². The van der Waals surface area contributed by atoms with Crippen molar-refractivity contribution in [1.29, 1.82) is 0 Å². The molecule has 0 aromatic heterocycles. The predicted octanol–water partition coefficient (Wildman–Crippen LogP) is 3.91. The molecule has 2 aromatic carbocycles. The van der Waals surface area contributed by atoms with Crippen LogP contribution in [0.15, 0.2) is 49.0 Å². The second-order valence-corrected chi connectivity index (χ2v) is 4.70. The quantitative estimate of drug-likeness (QED) is 0.616. The predicted molar refractivity (Wildman–Crippen MR) is 84.1 cm³/mol. The second kappa shape index (κ2) is 6.27. The van der Waals surface area contributed by atoms with E-state index < -0.39 is 0 Å². The first-order valence-corrected chi connectivity index (χ1v) is 6.60. The number of hydrogen-bond donors (Lipinski definition) is 0. The molecule has 0 saturated heterocycles. The highest BCUT2D eigenvalue weighted by Crippen LogP contribution is 2.32. The summed E-state index contributed by atoms with van der Waals surface area (Å²) in [7, 11) is 3.12. The monoisotopic (exact) mass is 282 g/mol. The maximum atomic E-state index is 12.6. The molecule has 0 fully saturated rings. The molecular weight excluding hydrogens is 264 g/mol. The number of aryl methyl sites for hydroxylation is 1. The average Bonchev–Trinajstić information content (AvgIpc) is 2.54. The molecule has 0 heterocycles. The van der Waals surface area contributed by atoms with Crippen molar-refractivity contribution in [3.8, 4) is 11.5 Å². The Hall–Kier alpha value is -2.55. The van der Waals surface area contributed by atoms with Gasteiger partial charge in [0.05, 0.1) is 14.2 Å². The minimum absolute atomic E-state index is 0.111. The van der Waals surface area contributed by atoms with Crippen LogP contribution in [0.25, 0.3) is 5.57 Å². The number of methoxy groups -OCH3 is 2. The Labute approximate surface area is 124 Å². The molecule has 108 valence electrons. The number of rotatable bonds is 5. The Kier molecular flexibility index (Phi) is 4.43. The highest BCUT2D eigenvalue weighted by atomic mass is 16.5. The van der Waals surface area contributed by atoms with E-state index in [1.807, 2.05) is 37.3 Å². The number of allylic oxidation sites excluding steroid dienone is 1. The van der Waals surface area contributed by atoms with Gasteiger partial charge in [-0.3, -0.25) is 4.79 Å². The van der Waals surface area contributed by atoms with Crippen LogP contribution in [0.5, 0.6) is 11.5 Å². The van der Waals surface area contributed by atoms with Crippen LogP contribution in [0.3, 0.4) is 0 Å². The van der Waals surface area contributed by atoms with E-state index in [1.165, 1.54) is 0 Å². The number of carbonyl (C=O) groups is 1. The fourth-order valence-corrected chi connectivity index (χ4v) is 2.16. The molecule has 0 aliphatic heterocycles. The molecule has 2 rings (SSSR count). The van der Waals surface area contributed by atoms with E-state index in [9.17, 15) is 4.79 Å². The van der Waals surface area contributed by atoms with Crippen LogP contribution in [0.4, 0.5) is 0 Å². The molecule has 0 N–H and O–H groups in total. The van der Waals surface area contributed by atoms with E-state index in [0.717, 1.165) is 11.1 Å². The van der Waals surface area contributed by atoms with Crippen molar-refractivity contribution in [2.24, 2.45) is 0 Å². The zero-order valence-corrected chi connectivity index (χ0v) is 12.5. The van der Waals surface area contributed by atoms with Crippen LogP contribution in [-0.2, 0) is 0 Å². The molecule has 3 heteroatoms. The Morgan fingerprint density at radius 3 is 2.14 bits per heavy atom. The highest BCUT2D eigenvalue weighted by molar-refractivity contribution is 6.28. The lowest BCUT2D eigenvalue weighted by Gasteiger charge is -2.13. The number of carbonyl (C=O) groups excluding carboxylic acids is 1. The van der Waals surface area contributed by atoms with Crippen molar-refractivity contribution in [3.05, 3.63) is 65.7 Å². The van der Waals surface area contributed by atoms with Crippen LogP contribution < -0.4 is 9.47 Å². The lowest BCUT2D eigenvalue weighted by Crippen LogP contribution is -2.05. The van der Waals surface area contributed by atoms with Gasteiger partial charge in [-0.05, 0) is 30.2 Å². The number of Topliss-reactive ketones (excluding diaryl/α,β-unsaturated/α-hetero) is 1. The van der Waals surface area contributed by atoms with E-state index in [0.29, 0.717) is 22.6 Å². The minimum Gasteiger partial charge on any atom is -0.493 e. The topological polar surface area (TPSA) is 35.5 Å². The van der Waals surface area contributed by atoms with Crippen molar-refractivity contribution in [3.63, 3.8) is 0 Å². The van der Waals surface area contributed by atoms with Crippen molar-refractivity contribution in [2.75, 3.05) is 14.2 Å². The molecule has 21 heavy (non-hydrogen) atoms. The van der Waals surface area contributed by atoms with Crippen molar-refractivity contribution >= 4 is 11.4 Å². The van der Waals surface area contributed by atoms with E-state index in [1.54, 1.807) is 26.4 Å². The molecule has 0 bridgehead atoms. The summed E-state index contributed by atoms with van der Waals surface area (Å²) >= 11 is 0. The third kappa shape index (κ3) is 2.97. The zero-order valence-electron chi connectivity index (χ0n) is 12.5. The van der Waals surface area contributed by atoms with E-state index in [2.05, 4.69) is 6.58 Å². The summed E-state index contributed by atoms with van der Waals surface area (Å²) in [6.45, 7) is 5.79. The Balaban J connectivity index is 2.42. The van der Waals surface area contributed by atoms with Gasteiger partial charge in [0, 0.05) is 11.1 Å². The number of benzene rings is 2. The Bertz CT molecular complexity index is 672. The van der Waals surface area contributed by atoms with Gasteiger partial charge in [0.2, 0.25) is 0 Å². The Morgan fingerprint density at radius 1 is 1.00 bits per heavy atom. The van der Waals surface area contributed by atoms with Gasteiger partial charge in [-0.2, -0.15) is 0 Å². The number of ketones is 1. The summed E-state index contributed by atoms with van der Waals surface area (Å²) in [4.78, 5) is 12.6. The highest BCUT2D eigenvalue weighted by Gasteiger charge is 2.17. The largest absolute Gasteiger partial charge is 0.493 e. The molecule has 0 radical (unpaired) electrons. The van der Waals surface area contributed by atoms with E-state index >= 15 is 0 Å². The average molecular weight is 282 g/mol. The molecule has 0 saturated carbocycles. The molecule has 0 spiro atoms.